The predicted molar refractivity (Wildman–Crippen MR) is 147 cm³/mol. The Morgan fingerprint density at radius 1 is 0.821 bits per heavy atom. The summed E-state index contributed by atoms with van der Waals surface area (Å²) < 4.78 is 5.18. The average molecular weight is 541 g/mol. The number of amides is 4. The summed E-state index contributed by atoms with van der Waals surface area (Å²) in [5, 5.41) is 19.0. The molecule has 0 saturated heterocycles. The molecule has 0 saturated carbocycles. The van der Waals surface area contributed by atoms with Crippen LogP contribution in [-0.4, -0.2) is 53.2 Å². The molecule has 0 aromatic heterocycles. The Bertz CT molecular complexity index is 1080. The Morgan fingerprint density at radius 2 is 1.38 bits per heavy atom. The number of hydrogen-bond acceptors (Lipinski definition) is 6. The number of ether oxygens (including phenoxy) is 1. The van der Waals surface area contributed by atoms with Gasteiger partial charge in [-0.3, -0.25) is 14.4 Å². The van der Waals surface area contributed by atoms with Gasteiger partial charge in [0, 0.05) is 5.92 Å². The second kappa shape index (κ2) is 15.5. The number of carbonyl (C=O) groups is 4. The van der Waals surface area contributed by atoms with Crippen molar-refractivity contribution in [3.63, 3.8) is 0 Å². The quantitative estimate of drug-likeness (QED) is 0.247. The van der Waals surface area contributed by atoms with Crippen molar-refractivity contribution in [3.05, 3.63) is 71.8 Å². The zero-order valence-corrected chi connectivity index (χ0v) is 22.9. The summed E-state index contributed by atoms with van der Waals surface area (Å²) in [6.07, 6.45) is -1.53. The normalized spacial score (nSPS) is 14.8. The minimum Gasteiger partial charge on any atom is -0.445 e. The second-order valence-electron chi connectivity index (χ2n) is 10.1. The molecule has 0 spiro atoms. The van der Waals surface area contributed by atoms with Crippen molar-refractivity contribution in [3.8, 4) is 0 Å². The molecule has 4 amide bonds. The molecule has 0 bridgehead atoms. The van der Waals surface area contributed by atoms with E-state index in [0.29, 0.717) is 6.42 Å². The number of aliphatic hydroxyl groups excluding tert-OH is 1. The third-order valence-electron chi connectivity index (χ3n) is 6.34. The molecule has 10 heteroatoms. The monoisotopic (exact) mass is 540 g/mol. The van der Waals surface area contributed by atoms with E-state index in [4.69, 9.17) is 10.5 Å². The topological polar surface area (TPSA) is 160 Å². The first-order valence-corrected chi connectivity index (χ1v) is 13.1. The van der Waals surface area contributed by atoms with E-state index in [1.54, 1.807) is 20.8 Å². The van der Waals surface area contributed by atoms with E-state index >= 15 is 0 Å². The predicted octanol–water partition coefficient (Wildman–Crippen LogP) is 2.04. The molecule has 5 atom stereocenters. The number of benzene rings is 2. The Balaban J connectivity index is 2.02. The highest BCUT2D eigenvalue weighted by Crippen LogP contribution is 2.15. The van der Waals surface area contributed by atoms with Crippen LogP contribution < -0.4 is 21.7 Å². The SMILES string of the molecule is CC(CC(O)C(Cc1ccccc1)NC(=O)[C@H](C)NC(=O)OCc1ccccc1)C(=O)N[C@H](C(N)=O)C(C)C. The summed E-state index contributed by atoms with van der Waals surface area (Å²) in [5.41, 5.74) is 7.08. The van der Waals surface area contributed by atoms with Gasteiger partial charge >= 0.3 is 6.09 Å². The molecule has 2 aromatic carbocycles. The fourth-order valence-corrected chi connectivity index (χ4v) is 3.96. The van der Waals surface area contributed by atoms with Gasteiger partial charge in [-0.15, -0.1) is 0 Å². The van der Waals surface area contributed by atoms with E-state index in [2.05, 4.69) is 16.0 Å². The van der Waals surface area contributed by atoms with Crippen molar-refractivity contribution in [1.29, 1.82) is 0 Å². The molecule has 0 aliphatic carbocycles. The van der Waals surface area contributed by atoms with Gasteiger partial charge in [-0.05, 0) is 36.8 Å². The van der Waals surface area contributed by atoms with Crippen molar-refractivity contribution < 1.29 is 29.0 Å². The largest absolute Gasteiger partial charge is 0.445 e. The molecule has 2 rings (SSSR count). The van der Waals surface area contributed by atoms with E-state index in [9.17, 15) is 24.3 Å². The first kappa shape index (κ1) is 31.3. The van der Waals surface area contributed by atoms with E-state index < -0.39 is 54.0 Å². The Labute approximate surface area is 229 Å². The fraction of sp³-hybridized carbons (Fsp3) is 0.448. The highest BCUT2D eigenvalue weighted by molar-refractivity contribution is 5.87. The highest BCUT2D eigenvalue weighted by Gasteiger charge is 2.30. The number of primary amides is 1. The fourth-order valence-electron chi connectivity index (χ4n) is 3.96. The average Bonchev–Trinajstić information content (AvgIpc) is 2.90. The molecule has 0 heterocycles. The van der Waals surface area contributed by atoms with Crippen molar-refractivity contribution in [2.45, 2.75) is 71.4 Å². The molecule has 0 aliphatic rings. The van der Waals surface area contributed by atoms with E-state index in [1.165, 1.54) is 6.92 Å². The van der Waals surface area contributed by atoms with Crippen molar-refractivity contribution >= 4 is 23.8 Å². The molecular weight excluding hydrogens is 500 g/mol. The van der Waals surface area contributed by atoms with Gasteiger partial charge < -0.3 is 31.5 Å². The van der Waals surface area contributed by atoms with Crippen LogP contribution in [0.1, 0.15) is 45.2 Å². The molecule has 6 N–H and O–H groups in total. The lowest BCUT2D eigenvalue weighted by Crippen LogP contribution is -2.53. The zero-order valence-electron chi connectivity index (χ0n) is 22.9. The van der Waals surface area contributed by atoms with E-state index in [-0.39, 0.29) is 18.9 Å². The van der Waals surface area contributed by atoms with Gasteiger partial charge in [-0.2, -0.15) is 0 Å². The van der Waals surface area contributed by atoms with Gasteiger partial charge in [-0.1, -0.05) is 81.4 Å². The second-order valence-corrected chi connectivity index (χ2v) is 10.1. The third-order valence-corrected chi connectivity index (χ3v) is 6.34. The Kier molecular flexibility index (Phi) is 12.4. The van der Waals surface area contributed by atoms with Crippen LogP contribution in [0.15, 0.2) is 60.7 Å². The smallest absolute Gasteiger partial charge is 0.408 e. The van der Waals surface area contributed by atoms with Crippen LogP contribution in [0.2, 0.25) is 0 Å². The Hall–Kier alpha value is -3.92. The first-order valence-electron chi connectivity index (χ1n) is 13.1. The minimum absolute atomic E-state index is 0.0219. The number of nitrogens with two attached hydrogens (primary N) is 1. The lowest BCUT2D eigenvalue weighted by atomic mass is 9.93. The standard InChI is InChI=1S/C29H40N4O6/c1-18(2)25(26(30)35)33-27(36)19(3)15-24(34)23(16-21-11-7-5-8-12-21)32-28(37)20(4)31-29(38)39-17-22-13-9-6-10-14-22/h5-14,18-20,23-25,34H,15-17H2,1-4H3,(H2,30,35)(H,31,38)(H,32,37)(H,33,36)/t19?,20-,23?,24?,25-/m0/s1. The summed E-state index contributed by atoms with van der Waals surface area (Å²) >= 11 is 0. The maximum Gasteiger partial charge on any atom is 0.408 e. The van der Waals surface area contributed by atoms with E-state index in [0.717, 1.165) is 11.1 Å². The van der Waals surface area contributed by atoms with Gasteiger partial charge in [-0.25, -0.2) is 4.79 Å². The van der Waals surface area contributed by atoms with Crippen LogP contribution in [0, 0.1) is 11.8 Å². The summed E-state index contributed by atoms with van der Waals surface area (Å²) in [7, 11) is 0. The van der Waals surface area contributed by atoms with Gasteiger partial charge in [0.05, 0.1) is 12.1 Å². The minimum atomic E-state index is -1.10. The summed E-state index contributed by atoms with van der Waals surface area (Å²) in [4.78, 5) is 49.6. The molecule has 39 heavy (non-hydrogen) atoms. The van der Waals surface area contributed by atoms with Crippen LogP contribution >= 0.6 is 0 Å². The van der Waals surface area contributed by atoms with Crippen LogP contribution in [0.5, 0.6) is 0 Å². The summed E-state index contributed by atoms with van der Waals surface area (Å²) in [6.45, 7) is 6.74. The zero-order chi connectivity index (χ0) is 28.9. The van der Waals surface area contributed by atoms with Crippen LogP contribution in [0.3, 0.4) is 0 Å². The molecule has 0 radical (unpaired) electrons. The first-order chi connectivity index (χ1) is 18.5. The third kappa shape index (κ3) is 10.8. The molecular formula is C29H40N4O6. The van der Waals surface area contributed by atoms with Gasteiger partial charge in [0.2, 0.25) is 17.7 Å². The molecule has 2 aromatic rings. The van der Waals surface area contributed by atoms with Gasteiger partial charge in [0.15, 0.2) is 0 Å². The number of alkyl carbamates (subject to hydrolysis) is 1. The number of nitrogens with one attached hydrogen (secondary N) is 3. The lowest BCUT2D eigenvalue weighted by Gasteiger charge is -2.28. The summed E-state index contributed by atoms with van der Waals surface area (Å²) in [6, 6.07) is 15.9. The van der Waals surface area contributed by atoms with E-state index in [1.807, 2.05) is 60.7 Å². The maximum atomic E-state index is 12.9. The maximum absolute atomic E-state index is 12.9. The number of rotatable bonds is 14. The van der Waals surface area contributed by atoms with Gasteiger partial charge in [0.1, 0.15) is 18.7 Å². The number of carbonyl (C=O) groups excluding carboxylic acids is 4. The highest BCUT2D eigenvalue weighted by atomic mass is 16.5. The molecule has 0 aliphatic heterocycles. The number of aliphatic hydroxyl groups is 1. The van der Waals surface area contributed by atoms with Crippen LogP contribution in [0.4, 0.5) is 4.79 Å². The molecule has 3 unspecified atom stereocenters. The molecule has 212 valence electrons. The summed E-state index contributed by atoms with van der Waals surface area (Å²) in [5.74, 6) is -2.43. The number of hydrogen-bond donors (Lipinski definition) is 5. The molecule has 0 fully saturated rings. The van der Waals surface area contributed by atoms with Crippen molar-refractivity contribution in [2.24, 2.45) is 17.6 Å². The lowest BCUT2D eigenvalue weighted by molar-refractivity contribution is -0.131. The van der Waals surface area contributed by atoms with Gasteiger partial charge in [0.25, 0.3) is 0 Å². The van der Waals surface area contributed by atoms with Crippen LogP contribution in [-0.2, 0) is 32.1 Å². The van der Waals surface area contributed by atoms with Crippen molar-refractivity contribution in [1.82, 2.24) is 16.0 Å². The van der Waals surface area contributed by atoms with Crippen LogP contribution in [0.25, 0.3) is 0 Å². The van der Waals surface area contributed by atoms with Crippen molar-refractivity contribution in [2.75, 3.05) is 0 Å². The molecule has 10 nitrogen and oxygen atoms in total. The Morgan fingerprint density at radius 3 is 1.92 bits per heavy atom.